The second kappa shape index (κ2) is 12.2. The van der Waals surface area contributed by atoms with Crippen LogP contribution in [-0.2, 0) is 16.0 Å². The highest BCUT2D eigenvalue weighted by molar-refractivity contribution is 5.86. The molecular weight excluding hydrogens is 492 g/mol. The number of amides is 2. The highest BCUT2D eigenvalue weighted by Gasteiger charge is 2.32. The zero-order chi connectivity index (χ0) is 28.1. The fourth-order valence-electron chi connectivity index (χ4n) is 5.14. The van der Waals surface area contributed by atoms with E-state index in [1.807, 2.05) is 64.1 Å². The van der Waals surface area contributed by atoms with Crippen LogP contribution in [0.15, 0.2) is 60.7 Å². The number of carbonyl (C=O) groups is 3. The Balaban J connectivity index is 1.37. The van der Waals surface area contributed by atoms with E-state index in [1.54, 1.807) is 0 Å². The molecule has 0 aliphatic carbocycles. The number of rotatable bonds is 7. The largest absolute Gasteiger partial charge is 0.480 e. The molecule has 0 aromatic heterocycles. The highest BCUT2D eigenvalue weighted by atomic mass is 16.6. The van der Waals surface area contributed by atoms with Crippen molar-refractivity contribution in [2.45, 2.75) is 53.0 Å². The molecule has 3 aromatic rings. The van der Waals surface area contributed by atoms with Crippen molar-refractivity contribution in [1.82, 2.24) is 10.2 Å². The van der Waals surface area contributed by atoms with Crippen LogP contribution in [0.5, 0.6) is 5.75 Å². The third kappa shape index (κ3) is 7.05. The van der Waals surface area contributed by atoms with Gasteiger partial charge in [-0.2, -0.15) is 0 Å². The molecule has 0 radical (unpaired) electrons. The van der Waals surface area contributed by atoms with Gasteiger partial charge in [0.2, 0.25) is 5.91 Å². The van der Waals surface area contributed by atoms with E-state index in [2.05, 4.69) is 29.6 Å². The molecular formula is C32H36N2O5. The van der Waals surface area contributed by atoms with Gasteiger partial charge in [0.25, 0.3) is 0 Å². The summed E-state index contributed by atoms with van der Waals surface area (Å²) in [5.41, 5.74) is 6.98. The zero-order valence-electron chi connectivity index (χ0n) is 23.0. The number of aryl methyl sites for hydroxylation is 4. The first-order valence-corrected chi connectivity index (χ1v) is 13.3. The number of nitrogens with zero attached hydrogens (tertiary/aromatic N) is 1. The fourth-order valence-corrected chi connectivity index (χ4v) is 5.14. The van der Waals surface area contributed by atoms with E-state index in [4.69, 9.17) is 4.74 Å². The topological polar surface area (TPSA) is 95.9 Å². The Labute approximate surface area is 229 Å². The van der Waals surface area contributed by atoms with Crippen LogP contribution in [0.2, 0.25) is 0 Å². The molecule has 1 aliphatic heterocycles. The third-order valence-corrected chi connectivity index (χ3v) is 7.24. The van der Waals surface area contributed by atoms with E-state index >= 15 is 0 Å². The van der Waals surface area contributed by atoms with Gasteiger partial charge in [-0.1, -0.05) is 71.8 Å². The lowest BCUT2D eigenvalue weighted by Crippen LogP contribution is -2.50. The molecule has 2 amide bonds. The lowest BCUT2D eigenvalue weighted by Gasteiger charge is -2.32. The summed E-state index contributed by atoms with van der Waals surface area (Å²) < 4.78 is 5.71. The first-order valence-electron chi connectivity index (χ1n) is 13.3. The van der Waals surface area contributed by atoms with Crippen molar-refractivity contribution in [3.63, 3.8) is 0 Å². The summed E-state index contributed by atoms with van der Waals surface area (Å²) in [6, 6.07) is 18.8. The SMILES string of the molecule is Cc1ccc(-c2ccc(C[C@H](NC(=O)C3CCCN(C(=O)Oc4c(C)cc(C)cc4C)C3)C(=O)O)cc2)cc1. The fraction of sp³-hybridized carbons (Fsp3) is 0.344. The maximum atomic E-state index is 13.1. The van der Waals surface area contributed by atoms with Gasteiger partial charge in [0.1, 0.15) is 11.8 Å². The van der Waals surface area contributed by atoms with Crippen molar-refractivity contribution in [3.05, 3.63) is 88.5 Å². The molecule has 1 unspecified atom stereocenters. The normalized spacial score (nSPS) is 15.9. The number of hydrogen-bond donors (Lipinski definition) is 2. The molecule has 2 atom stereocenters. The van der Waals surface area contributed by atoms with E-state index in [-0.39, 0.29) is 18.9 Å². The lowest BCUT2D eigenvalue weighted by molar-refractivity contribution is -0.142. The number of ether oxygens (including phenoxy) is 1. The predicted molar refractivity (Wildman–Crippen MR) is 151 cm³/mol. The molecule has 0 spiro atoms. The van der Waals surface area contributed by atoms with Crippen LogP contribution < -0.4 is 10.1 Å². The molecule has 1 fully saturated rings. The van der Waals surface area contributed by atoms with Crippen LogP contribution in [0.3, 0.4) is 0 Å². The summed E-state index contributed by atoms with van der Waals surface area (Å²) in [6.45, 7) is 8.50. The Hall–Kier alpha value is -4.13. The zero-order valence-corrected chi connectivity index (χ0v) is 23.0. The first-order chi connectivity index (χ1) is 18.6. The van der Waals surface area contributed by atoms with Gasteiger partial charge >= 0.3 is 12.1 Å². The smallest absolute Gasteiger partial charge is 0.415 e. The number of aliphatic carboxylic acids is 1. The van der Waals surface area contributed by atoms with Crippen LogP contribution >= 0.6 is 0 Å². The second-order valence-electron chi connectivity index (χ2n) is 10.5. The van der Waals surface area contributed by atoms with Crippen molar-refractivity contribution in [2.24, 2.45) is 5.92 Å². The summed E-state index contributed by atoms with van der Waals surface area (Å²) >= 11 is 0. The van der Waals surface area contributed by atoms with Crippen LogP contribution in [0.25, 0.3) is 11.1 Å². The molecule has 1 saturated heterocycles. The van der Waals surface area contributed by atoms with Crippen LogP contribution in [0, 0.1) is 33.6 Å². The number of hydrogen-bond acceptors (Lipinski definition) is 4. The number of carbonyl (C=O) groups excluding carboxylic acids is 2. The van der Waals surface area contributed by atoms with Gasteiger partial charge in [0.05, 0.1) is 5.92 Å². The molecule has 0 bridgehead atoms. The summed E-state index contributed by atoms with van der Waals surface area (Å²) in [5.74, 6) is -1.42. The second-order valence-corrected chi connectivity index (χ2v) is 10.5. The highest BCUT2D eigenvalue weighted by Crippen LogP contribution is 2.27. The maximum Gasteiger partial charge on any atom is 0.415 e. The molecule has 4 rings (SSSR count). The molecule has 3 aromatic carbocycles. The molecule has 7 heteroatoms. The molecule has 0 saturated carbocycles. The van der Waals surface area contributed by atoms with E-state index in [9.17, 15) is 19.5 Å². The van der Waals surface area contributed by atoms with Crippen molar-refractivity contribution < 1.29 is 24.2 Å². The van der Waals surface area contributed by atoms with Crippen LogP contribution in [-0.4, -0.2) is 47.1 Å². The summed E-state index contributed by atoms with van der Waals surface area (Å²) in [6.07, 6.45) is 0.887. The number of nitrogens with one attached hydrogen (secondary N) is 1. The van der Waals surface area contributed by atoms with E-state index in [0.29, 0.717) is 25.1 Å². The van der Waals surface area contributed by atoms with E-state index in [0.717, 1.165) is 33.4 Å². The summed E-state index contributed by atoms with van der Waals surface area (Å²) in [7, 11) is 0. The van der Waals surface area contributed by atoms with Crippen molar-refractivity contribution in [2.75, 3.05) is 13.1 Å². The molecule has 204 valence electrons. The Bertz CT molecular complexity index is 1320. The van der Waals surface area contributed by atoms with Gasteiger partial charge in [-0.3, -0.25) is 4.79 Å². The minimum absolute atomic E-state index is 0.166. The van der Waals surface area contributed by atoms with Gasteiger partial charge < -0.3 is 20.1 Å². The molecule has 1 heterocycles. The van der Waals surface area contributed by atoms with Gasteiger partial charge in [-0.15, -0.1) is 0 Å². The molecule has 39 heavy (non-hydrogen) atoms. The number of carboxylic acid groups (broad SMARTS) is 1. The number of likely N-dealkylation sites (tertiary alicyclic amines) is 1. The van der Waals surface area contributed by atoms with Crippen LogP contribution in [0.4, 0.5) is 4.79 Å². The Morgan fingerprint density at radius 2 is 1.51 bits per heavy atom. The van der Waals surface area contributed by atoms with Crippen molar-refractivity contribution in [3.8, 4) is 16.9 Å². The Morgan fingerprint density at radius 1 is 0.923 bits per heavy atom. The number of carboxylic acids is 1. The van der Waals surface area contributed by atoms with Crippen LogP contribution in [0.1, 0.15) is 40.7 Å². The third-order valence-electron chi connectivity index (χ3n) is 7.24. The monoisotopic (exact) mass is 528 g/mol. The van der Waals surface area contributed by atoms with Crippen molar-refractivity contribution in [1.29, 1.82) is 0 Å². The van der Waals surface area contributed by atoms with Gasteiger partial charge in [0, 0.05) is 19.5 Å². The lowest BCUT2D eigenvalue weighted by atomic mass is 9.96. The summed E-state index contributed by atoms with van der Waals surface area (Å²) in [4.78, 5) is 39.6. The van der Waals surface area contributed by atoms with E-state index in [1.165, 1.54) is 10.5 Å². The van der Waals surface area contributed by atoms with Crippen molar-refractivity contribution >= 4 is 18.0 Å². The maximum absolute atomic E-state index is 13.1. The molecule has 2 N–H and O–H groups in total. The quantitative estimate of drug-likeness (QED) is 0.416. The van der Waals surface area contributed by atoms with Gasteiger partial charge in [-0.25, -0.2) is 9.59 Å². The Kier molecular flexibility index (Phi) is 8.69. The minimum Gasteiger partial charge on any atom is -0.480 e. The molecule has 7 nitrogen and oxygen atoms in total. The van der Waals surface area contributed by atoms with Gasteiger partial charge in [0.15, 0.2) is 0 Å². The predicted octanol–water partition coefficient (Wildman–Crippen LogP) is 5.61. The van der Waals surface area contributed by atoms with E-state index < -0.39 is 24.0 Å². The number of piperidine rings is 1. The average Bonchev–Trinajstić information content (AvgIpc) is 2.91. The summed E-state index contributed by atoms with van der Waals surface area (Å²) in [5, 5.41) is 12.5. The minimum atomic E-state index is -1.09. The first kappa shape index (κ1) is 27.9. The average molecular weight is 529 g/mol. The molecule has 1 aliphatic rings. The standard InChI is InChI=1S/C32H36N2O5/c1-20-7-11-25(12-8-20)26-13-9-24(10-14-26)18-28(31(36)37)33-30(35)27-6-5-15-34(19-27)32(38)39-29-22(3)16-21(2)17-23(29)4/h7-14,16-17,27-28H,5-6,15,18-19H2,1-4H3,(H,33,35)(H,36,37)/t27?,28-/m0/s1. The Morgan fingerprint density at radius 3 is 2.10 bits per heavy atom. The number of benzene rings is 3. The van der Waals surface area contributed by atoms with Gasteiger partial charge in [-0.05, 0) is 68.4 Å².